The largest absolute Gasteiger partial charge is 0.323 e. The molecule has 0 spiro atoms. The van der Waals surface area contributed by atoms with E-state index < -0.39 is 5.24 Å². The highest BCUT2D eigenvalue weighted by Crippen LogP contribution is 2.27. The van der Waals surface area contributed by atoms with Gasteiger partial charge in [0.05, 0.1) is 22.7 Å². The van der Waals surface area contributed by atoms with Gasteiger partial charge in [-0.15, -0.1) is 0 Å². The number of benzene rings is 3. The molecule has 4 rings (SSSR count). The van der Waals surface area contributed by atoms with Crippen LogP contribution in [0.2, 0.25) is 0 Å². The second-order valence-electron chi connectivity index (χ2n) is 7.65. The van der Waals surface area contributed by atoms with E-state index >= 15 is 0 Å². The van der Waals surface area contributed by atoms with Crippen molar-refractivity contribution in [1.82, 2.24) is 9.55 Å². The summed E-state index contributed by atoms with van der Waals surface area (Å²) in [6.45, 7) is 4.80. The Labute approximate surface area is 186 Å². The number of hydrogen-bond acceptors (Lipinski definition) is 3. The summed E-state index contributed by atoms with van der Waals surface area (Å²) < 4.78 is 2.23. The van der Waals surface area contributed by atoms with Gasteiger partial charge in [-0.3, -0.25) is 4.79 Å². The summed E-state index contributed by atoms with van der Waals surface area (Å²) in [5.74, 6) is 0.999. The molecular weight excluding hydrogens is 406 g/mol. The third kappa shape index (κ3) is 4.10. The van der Waals surface area contributed by atoms with E-state index in [1.807, 2.05) is 37.3 Å². The lowest BCUT2D eigenvalue weighted by Gasteiger charge is -2.12. The number of hydrogen-bond donors (Lipinski definition) is 0. The van der Waals surface area contributed by atoms with E-state index in [9.17, 15) is 10.1 Å². The molecular formula is C26H22ClN3O. The Morgan fingerprint density at radius 2 is 1.87 bits per heavy atom. The van der Waals surface area contributed by atoms with Gasteiger partial charge >= 0.3 is 0 Å². The van der Waals surface area contributed by atoms with Gasteiger partial charge < -0.3 is 4.57 Å². The second-order valence-corrected chi connectivity index (χ2v) is 8.00. The topological polar surface area (TPSA) is 58.7 Å². The van der Waals surface area contributed by atoms with Crippen molar-refractivity contribution in [1.29, 1.82) is 5.26 Å². The molecule has 0 saturated carbocycles. The fourth-order valence-corrected chi connectivity index (χ4v) is 4.14. The van der Waals surface area contributed by atoms with Gasteiger partial charge in [0.2, 0.25) is 0 Å². The number of fused-ring (bicyclic) bond motifs is 1. The van der Waals surface area contributed by atoms with Crippen LogP contribution in [-0.4, -0.2) is 14.8 Å². The molecule has 154 valence electrons. The van der Waals surface area contributed by atoms with E-state index in [4.69, 9.17) is 16.6 Å². The minimum Gasteiger partial charge on any atom is -0.323 e. The zero-order valence-electron chi connectivity index (χ0n) is 17.5. The van der Waals surface area contributed by atoms with Crippen LogP contribution >= 0.6 is 11.6 Å². The van der Waals surface area contributed by atoms with Crippen LogP contribution in [0.15, 0.2) is 60.7 Å². The highest BCUT2D eigenvalue weighted by Gasteiger charge is 2.16. The maximum Gasteiger partial charge on any atom is 0.252 e. The fraction of sp³-hybridized carbons (Fsp3) is 0.192. The van der Waals surface area contributed by atoms with Gasteiger partial charge in [-0.1, -0.05) is 49.4 Å². The van der Waals surface area contributed by atoms with E-state index in [-0.39, 0.29) is 0 Å². The Bertz CT molecular complexity index is 1310. The van der Waals surface area contributed by atoms with Gasteiger partial charge in [0, 0.05) is 18.5 Å². The first-order valence-electron chi connectivity index (χ1n) is 10.3. The van der Waals surface area contributed by atoms with Gasteiger partial charge in [0.15, 0.2) is 0 Å². The molecule has 1 heterocycles. The van der Waals surface area contributed by atoms with Crippen molar-refractivity contribution in [3.63, 3.8) is 0 Å². The standard InChI is InChI=1S/C26H22ClN3O/c1-3-6-24-29-23-14-21(26(27)31)13-17(2)25(23)30(24)16-18-9-11-19(12-10-18)22-8-5-4-7-20(22)15-28/h4-5,7-14H,3,6,16H2,1-2H3. The van der Waals surface area contributed by atoms with Crippen LogP contribution in [0.3, 0.4) is 0 Å². The second kappa shape index (κ2) is 8.75. The van der Waals surface area contributed by atoms with Crippen molar-refractivity contribution in [2.24, 2.45) is 0 Å². The number of carbonyl (C=O) groups excluding carboxylic acids is 1. The third-order valence-corrected chi connectivity index (χ3v) is 5.68. The monoisotopic (exact) mass is 427 g/mol. The van der Waals surface area contributed by atoms with Crippen LogP contribution < -0.4 is 0 Å². The van der Waals surface area contributed by atoms with Crippen molar-refractivity contribution in [3.05, 3.63) is 88.7 Å². The predicted octanol–water partition coefficient (Wildman–Crippen LogP) is 6.26. The molecule has 0 N–H and O–H groups in total. The number of carbonyl (C=O) groups is 1. The molecule has 0 atom stereocenters. The van der Waals surface area contributed by atoms with Crippen molar-refractivity contribution >= 4 is 27.9 Å². The average Bonchev–Trinajstić information content (AvgIpc) is 3.12. The number of aromatic nitrogens is 2. The molecule has 0 bridgehead atoms. The summed E-state index contributed by atoms with van der Waals surface area (Å²) in [6.07, 6.45) is 1.83. The van der Waals surface area contributed by atoms with Crippen LogP contribution in [0, 0.1) is 18.3 Å². The molecule has 4 nitrogen and oxygen atoms in total. The molecule has 0 aliphatic rings. The van der Waals surface area contributed by atoms with Gasteiger partial charge in [0.25, 0.3) is 5.24 Å². The molecule has 0 aliphatic carbocycles. The summed E-state index contributed by atoms with van der Waals surface area (Å²) >= 11 is 5.71. The first-order chi connectivity index (χ1) is 15.0. The van der Waals surface area contributed by atoms with Crippen LogP contribution in [0.1, 0.15) is 46.2 Å². The Hall–Kier alpha value is -3.42. The van der Waals surface area contributed by atoms with Crippen LogP contribution in [-0.2, 0) is 13.0 Å². The SMILES string of the molecule is CCCc1nc2cc(C(=O)Cl)cc(C)c2n1Cc1ccc(-c2ccccc2C#N)cc1. The number of nitrogens with zero attached hydrogens (tertiary/aromatic N) is 3. The predicted molar refractivity (Wildman–Crippen MR) is 124 cm³/mol. The number of aryl methyl sites for hydroxylation is 2. The third-order valence-electron chi connectivity index (χ3n) is 5.47. The minimum absolute atomic E-state index is 0.468. The molecule has 0 fully saturated rings. The van der Waals surface area contributed by atoms with Gasteiger partial charge in [-0.25, -0.2) is 4.98 Å². The highest BCUT2D eigenvalue weighted by atomic mass is 35.5. The minimum atomic E-state index is -0.468. The first kappa shape index (κ1) is 20.8. The quantitative estimate of drug-likeness (QED) is 0.341. The van der Waals surface area contributed by atoms with Crippen molar-refractivity contribution in [2.45, 2.75) is 33.2 Å². The summed E-state index contributed by atoms with van der Waals surface area (Å²) in [6, 6.07) is 21.8. The van der Waals surface area contributed by atoms with Gasteiger partial charge in [0.1, 0.15) is 5.82 Å². The lowest BCUT2D eigenvalue weighted by atomic mass is 9.99. The number of rotatable bonds is 6. The van der Waals surface area contributed by atoms with E-state index in [2.05, 4.69) is 41.8 Å². The van der Waals surface area contributed by atoms with Gasteiger partial charge in [-0.2, -0.15) is 5.26 Å². The highest BCUT2D eigenvalue weighted by molar-refractivity contribution is 6.67. The molecule has 0 aliphatic heterocycles. The van der Waals surface area contributed by atoms with E-state index in [0.717, 1.165) is 52.0 Å². The summed E-state index contributed by atoms with van der Waals surface area (Å²) in [4.78, 5) is 16.5. The summed E-state index contributed by atoms with van der Waals surface area (Å²) in [7, 11) is 0. The van der Waals surface area contributed by atoms with E-state index in [0.29, 0.717) is 17.7 Å². The number of imidazole rings is 1. The maximum atomic E-state index is 11.7. The molecule has 3 aromatic carbocycles. The summed E-state index contributed by atoms with van der Waals surface area (Å²) in [5, 5.41) is 8.91. The average molecular weight is 428 g/mol. The van der Waals surface area contributed by atoms with E-state index in [1.165, 1.54) is 0 Å². The van der Waals surface area contributed by atoms with Crippen LogP contribution in [0.5, 0.6) is 0 Å². The Kier molecular flexibility index (Phi) is 5.88. The Morgan fingerprint density at radius 3 is 2.55 bits per heavy atom. The molecule has 4 aromatic rings. The lowest BCUT2D eigenvalue weighted by Crippen LogP contribution is -2.06. The number of halogens is 1. The molecule has 0 saturated heterocycles. The van der Waals surface area contributed by atoms with Crippen LogP contribution in [0.4, 0.5) is 0 Å². The molecule has 0 amide bonds. The summed E-state index contributed by atoms with van der Waals surface area (Å²) in [5.41, 5.74) is 7.05. The van der Waals surface area contributed by atoms with E-state index in [1.54, 1.807) is 6.07 Å². The zero-order chi connectivity index (χ0) is 22.0. The maximum absolute atomic E-state index is 11.7. The number of nitriles is 1. The molecule has 5 heteroatoms. The molecule has 31 heavy (non-hydrogen) atoms. The zero-order valence-corrected chi connectivity index (χ0v) is 18.3. The molecule has 0 radical (unpaired) electrons. The molecule has 1 aromatic heterocycles. The Balaban J connectivity index is 1.73. The van der Waals surface area contributed by atoms with Crippen LogP contribution in [0.25, 0.3) is 22.2 Å². The lowest BCUT2D eigenvalue weighted by molar-refractivity contribution is 0.108. The smallest absolute Gasteiger partial charge is 0.252 e. The normalized spacial score (nSPS) is 10.9. The molecule has 0 unspecified atom stereocenters. The van der Waals surface area contributed by atoms with Gasteiger partial charge in [-0.05, 0) is 65.4 Å². The van der Waals surface area contributed by atoms with Crippen molar-refractivity contribution in [3.8, 4) is 17.2 Å². The fourth-order valence-electron chi connectivity index (χ4n) is 4.03. The first-order valence-corrected chi connectivity index (χ1v) is 10.7. The van der Waals surface area contributed by atoms with Crippen molar-refractivity contribution < 1.29 is 4.79 Å². The van der Waals surface area contributed by atoms with Crippen molar-refractivity contribution in [2.75, 3.05) is 0 Å². The Morgan fingerprint density at radius 1 is 1.13 bits per heavy atom.